The summed E-state index contributed by atoms with van der Waals surface area (Å²) < 4.78 is 19.9. The molecule has 0 radical (unpaired) electrons. The minimum atomic E-state index is -0.184. The summed E-state index contributed by atoms with van der Waals surface area (Å²) in [6.07, 6.45) is 7.08. The van der Waals surface area contributed by atoms with Crippen LogP contribution in [0.1, 0.15) is 48.8 Å². The second-order valence-electron chi connectivity index (χ2n) is 7.80. The third kappa shape index (κ3) is 3.99. The van der Waals surface area contributed by atoms with Crippen LogP contribution < -0.4 is 0 Å². The van der Waals surface area contributed by atoms with Crippen molar-refractivity contribution in [1.29, 1.82) is 0 Å². The van der Waals surface area contributed by atoms with Gasteiger partial charge >= 0.3 is 0 Å². The van der Waals surface area contributed by atoms with E-state index in [-0.39, 0.29) is 5.82 Å². The lowest BCUT2D eigenvalue weighted by Gasteiger charge is -2.41. The van der Waals surface area contributed by atoms with Crippen molar-refractivity contribution in [3.8, 4) is 0 Å². The van der Waals surface area contributed by atoms with Crippen LogP contribution in [0.5, 0.6) is 0 Å². The van der Waals surface area contributed by atoms with E-state index in [4.69, 9.17) is 4.42 Å². The molecule has 2 fully saturated rings. The summed E-state index contributed by atoms with van der Waals surface area (Å²) in [5.74, 6) is 1.75. The quantitative estimate of drug-likeness (QED) is 0.836. The first-order chi connectivity index (χ1) is 12.7. The van der Waals surface area contributed by atoms with Crippen molar-refractivity contribution in [3.05, 3.63) is 53.5 Å². The van der Waals surface area contributed by atoms with Gasteiger partial charge in [0.15, 0.2) is 5.89 Å². The van der Waals surface area contributed by atoms with Gasteiger partial charge in [-0.3, -0.25) is 4.90 Å². The number of hydrogen-bond acceptors (Lipinski definition) is 4. The van der Waals surface area contributed by atoms with E-state index in [1.807, 2.05) is 6.07 Å². The maximum Gasteiger partial charge on any atom is 0.198 e. The van der Waals surface area contributed by atoms with Crippen molar-refractivity contribution in [2.75, 3.05) is 33.2 Å². The number of aromatic nitrogens is 1. The number of nitrogens with zero attached hydrogens (tertiary/aromatic N) is 3. The van der Waals surface area contributed by atoms with Crippen LogP contribution in [0.2, 0.25) is 0 Å². The molecule has 4 nitrogen and oxygen atoms in total. The predicted octanol–water partition coefficient (Wildman–Crippen LogP) is 3.68. The zero-order valence-electron chi connectivity index (χ0n) is 15.5. The van der Waals surface area contributed by atoms with Crippen LogP contribution in [0.3, 0.4) is 0 Å². The van der Waals surface area contributed by atoms with Gasteiger partial charge in [0.25, 0.3) is 0 Å². The Morgan fingerprint density at radius 2 is 1.96 bits per heavy atom. The van der Waals surface area contributed by atoms with Crippen LogP contribution in [-0.2, 0) is 6.42 Å². The fourth-order valence-corrected chi connectivity index (χ4v) is 4.32. The lowest BCUT2D eigenvalue weighted by atomic mass is 9.94. The summed E-state index contributed by atoms with van der Waals surface area (Å²) in [5.41, 5.74) is 0.659. The molecule has 140 valence electrons. The second-order valence-corrected chi connectivity index (χ2v) is 7.80. The SMILES string of the molecule is CN1CCC(N2CCC[C@H](c3ncc(Cc4ccccc4F)o3)C2)CC1. The molecule has 2 saturated heterocycles. The Morgan fingerprint density at radius 1 is 1.15 bits per heavy atom. The molecule has 1 atom stereocenters. The van der Waals surface area contributed by atoms with E-state index in [0.29, 0.717) is 23.9 Å². The van der Waals surface area contributed by atoms with Gasteiger partial charge in [0.2, 0.25) is 0 Å². The molecule has 2 aliphatic rings. The molecule has 0 amide bonds. The lowest BCUT2D eigenvalue weighted by Crippen LogP contribution is -2.47. The van der Waals surface area contributed by atoms with Crippen LogP contribution in [0, 0.1) is 5.82 Å². The molecule has 1 aromatic heterocycles. The van der Waals surface area contributed by atoms with Crippen molar-refractivity contribution in [2.24, 2.45) is 0 Å². The highest BCUT2D eigenvalue weighted by Crippen LogP contribution is 2.30. The second kappa shape index (κ2) is 7.89. The molecule has 1 aromatic carbocycles. The van der Waals surface area contributed by atoms with Gasteiger partial charge in [-0.25, -0.2) is 9.37 Å². The normalized spacial score (nSPS) is 23.4. The molecule has 0 saturated carbocycles. The maximum atomic E-state index is 13.8. The Bertz CT molecular complexity index is 724. The fourth-order valence-electron chi connectivity index (χ4n) is 4.32. The first-order valence-electron chi connectivity index (χ1n) is 9.79. The monoisotopic (exact) mass is 357 g/mol. The maximum absolute atomic E-state index is 13.8. The summed E-state index contributed by atoms with van der Waals surface area (Å²) in [7, 11) is 2.21. The number of hydrogen-bond donors (Lipinski definition) is 0. The van der Waals surface area contributed by atoms with Crippen LogP contribution >= 0.6 is 0 Å². The van der Waals surface area contributed by atoms with Crippen molar-refractivity contribution in [3.63, 3.8) is 0 Å². The van der Waals surface area contributed by atoms with E-state index in [1.165, 1.54) is 45.0 Å². The topological polar surface area (TPSA) is 32.5 Å². The van der Waals surface area contributed by atoms with Crippen LogP contribution in [0.15, 0.2) is 34.9 Å². The lowest BCUT2D eigenvalue weighted by molar-refractivity contribution is 0.0891. The molecule has 0 bridgehead atoms. The minimum Gasteiger partial charge on any atom is -0.445 e. The Balaban J connectivity index is 1.40. The Kier molecular flexibility index (Phi) is 5.36. The number of likely N-dealkylation sites (tertiary alicyclic amines) is 2. The summed E-state index contributed by atoms with van der Waals surface area (Å²) >= 11 is 0. The molecular formula is C21H28FN3O. The molecule has 4 rings (SSSR count). The van der Waals surface area contributed by atoms with Gasteiger partial charge < -0.3 is 9.32 Å². The van der Waals surface area contributed by atoms with E-state index in [9.17, 15) is 4.39 Å². The molecule has 0 aliphatic carbocycles. The number of oxazole rings is 1. The average molecular weight is 357 g/mol. The zero-order valence-corrected chi connectivity index (χ0v) is 15.5. The predicted molar refractivity (Wildman–Crippen MR) is 99.8 cm³/mol. The van der Waals surface area contributed by atoms with E-state index in [0.717, 1.165) is 24.6 Å². The molecule has 3 heterocycles. The molecule has 2 aromatic rings. The van der Waals surface area contributed by atoms with Crippen LogP contribution in [-0.4, -0.2) is 54.1 Å². The first-order valence-corrected chi connectivity index (χ1v) is 9.79. The minimum absolute atomic E-state index is 0.184. The van der Waals surface area contributed by atoms with Gasteiger partial charge in [0.1, 0.15) is 11.6 Å². The molecule has 26 heavy (non-hydrogen) atoms. The standard InChI is InChI=1S/C21H28FN3O/c1-24-11-8-18(9-12-24)25-10-4-6-17(15-25)21-23-14-19(26-21)13-16-5-2-3-7-20(16)22/h2-3,5,7,14,17-18H,4,6,8-13,15H2,1H3/t17-/m0/s1. The summed E-state index contributed by atoms with van der Waals surface area (Å²) in [4.78, 5) is 9.59. The van der Waals surface area contributed by atoms with E-state index >= 15 is 0 Å². The Labute approximate surface area is 155 Å². The molecule has 0 N–H and O–H groups in total. The van der Waals surface area contributed by atoms with Gasteiger partial charge in [0.05, 0.1) is 6.20 Å². The molecule has 2 aliphatic heterocycles. The number of halogens is 1. The fraction of sp³-hybridized carbons (Fsp3) is 0.571. The summed E-state index contributed by atoms with van der Waals surface area (Å²) in [6.45, 7) is 4.61. The summed E-state index contributed by atoms with van der Waals surface area (Å²) in [5, 5.41) is 0. The van der Waals surface area contributed by atoms with Crippen molar-refractivity contribution >= 4 is 0 Å². The van der Waals surface area contributed by atoms with Gasteiger partial charge in [-0.1, -0.05) is 18.2 Å². The zero-order chi connectivity index (χ0) is 17.9. The third-order valence-electron chi connectivity index (χ3n) is 5.90. The molecule has 5 heteroatoms. The van der Waals surface area contributed by atoms with Crippen molar-refractivity contribution < 1.29 is 8.81 Å². The van der Waals surface area contributed by atoms with Gasteiger partial charge in [-0.2, -0.15) is 0 Å². The van der Waals surface area contributed by atoms with Crippen molar-refractivity contribution in [1.82, 2.24) is 14.8 Å². The van der Waals surface area contributed by atoms with Crippen LogP contribution in [0.25, 0.3) is 0 Å². The molecule has 0 unspecified atom stereocenters. The Morgan fingerprint density at radius 3 is 2.77 bits per heavy atom. The van der Waals surface area contributed by atoms with Crippen LogP contribution in [0.4, 0.5) is 4.39 Å². The number of piperidine rings is 2. The van der Waals surface area contributed by atoms with Gasteiger partial charge in [-0.15, -0.1) is 0 Å². The van der Waals surface area contributed by atoms with Crippen molar-refractivity contribution in [2.45, 2.75) is 44.1 Å². The number of rotatable bonds is 4. The number of benzene rings is 1. The molecule has 0 spiro atoms. The van der Waals surface area contributed by atoms with Gasteiger partial charge in [0, 0.05) is 24.9 Å². The van der Waals surface area contributed by atoms with Gasteiger partial charge in [-0.05, 0) is 64.0 Å². The third-order valence-corrected chi connectivity index (χ3v) is 5.90. The van der Waals surface area contributed by atoms with E-state index in [1.54, 1.807) is 18.3 Å². The highest BCUT2D eigenvalue weighted by Gasteiger charge is 2.30. The van der Waals surface area contributed by atoms with E-state index in [2.05, 4.69) is 21.8 Å². The average Bonchev–Trinajstić information content (AvgIpc) is 3.13. The molecular weight excluding hydrogens is 329 g/mol. The highest BCUT2D eigenvalue weighted by molar-refractivity contribution is 5.21. The first kappa shape index (κ1) is 17.7. The Hall–Kier alpha value is -1.72. The smallest absolute Gasteiger partial charge is 0.198 e. The largest absolute Gasteiger partial charge is 0.445 e. The highest BCUT2D eigenvalue weighted by atomic mass is 19.1. The van der Waals surface area contributed by atoms with E-state index < -0.39 is 0 Å². The summed E-state index contributed by atoms with van der Waals surface area (Å²) in [6, 6.07) is 7.56.